The molecule has 0 spiro atoms. The molecule has 1 amide bonds. The third kappa shape index (κ3) is 2.74. The number of nitrogens with zero attached hydrogens (tertiary/aromatic N) is 2. The SMILES string of the molecule is Cc1ccc(C(=O)N2CCCCC2/C(N)=N/O)c(F)c1. The van der Waals surface area contributed by atoms with E-state index in [1.165, 1.54) is 17.0 Å². The van der Waals surface area contributed by atoms with E-state index in [1.807, 2.05) is 0 Å². The number of hydrogen-bond acceptors (Lipinski definition) is 3. The summed E-state index contributed by atoms with van der Waals surface area (Å²) in [5.41, 5.74) is 6.41. The van der Waals surface area contributed by atoms with Crippen molar-refractivity contribution in [3.8, 4) is 0 Å². The summed E-state index contributed by atoms with van der Waals surface area (Å²) in [5.74, 6) is -0.969. The fourth-order valence-electron chi connectivity index (χ4n) is 2.50. The smallest absolute Gasteiger partial charge is 0.257 e. The van der Waals surface area contributed by atoms with Gasteiger partial charge in [-0.2, -0.15) is 0 Å². The van der Waals surface area contributed by atoms with Crippen molar-refractivity contribution in [1.82, 2.24) is 4.90 Å². The molecule has 1 aliphatic heterocycles. The van der Waals surface area contributed by atoms with E-state index in [9.17, 15) is 9.18 Å². The fourth-order valence-corrected chi connectivity index (χ4v) is 2.50. The highest BCUT2D eigenvalue weighted by molar-refractivity contribution is 5.98. The molecule has 3 N–H and O–H groups in total. The lowest BCUT2D eigenvalue weighted by atomic mass is 9.99. The Kier molecular flexibility index (Phi) is 4.22. The van der Waals surface area contributed by atoms with Crippen molar-refractivity contribution in [2.75, 3.05) is 6.54 Å². The Hall–Kier alpha value is -2.11. The molecule has 0 radical (unpaired) electrons. The molecule has 1 fully saturated rings. The number of rotatable bonds is 2. The molecular formula is C14H18FN3O2. The van der Waals surface area contributed by atoms with E-state index in [0.29, 0.717) is 13.0 Å². The third-order valence-electron chi connectivity index (χ3n) is 3.58. The lowest BCUT2D eigenvalue weighted by molar-refractivity contribution is 0.0672. The second-order valence-electron chi connectivity index (χ2n) is 5.02. The summed E-state index contributed by atoms with van der Waals surface area (Å²) in [6, 6.07) is 4.03. The van der Waals surface area contributed by atoms with Gasteiger partial charge in [0.05, 0.1) is 11.6 Å². The largest absolute Gasteiger partial charge is 0.409 e. The van der Waals surface area contributed by atoms with E-state index in [-0.39, 0.29) is 11.4 Å². The second kappa shape index (κ2) is 5.90. The fraction of sp³-hybridized carbons (Fsp3) is 0.429. The molecule has 1 unspecified atom stereocenters. The monoisotopic (exact) mass is 279 g/mol. The van der Waals surface area contributed by atoms with Crippen molar-refractivity contribution in [3.63, 3.8) is 0 Å². The van der Waals surface area contributed by atoms with Crippen LogP contribution < -0.4 is 5.73 Å². The Bertz CT molecular complexity index is 545. The highest BCUT2D eigenvalue weighted by Crippen LogP contribution is 2.21. The molecule has 0 aliphatic carbocycles. The number of nitrogens with two attached hydrogens (primary N) is 1. The maximum Gasteiger partial charge on any atom is 0.257 e. The zero-order chi connectivity index (χ0) is 14.7. The first-order valence-corrected chi connectivity index (χ1v) is 6.59. The van der Waals surface area contributed by atoms with Crippen molar-refractivity contribution < 1.29 is 14.4 Å². The minimum absolute atomic E-state index is 0.00873. The van der Waals surface area contributed by atoms with Crippen LogP contribution in [0.1, 0.15) is 35.2 Å². The molecule has 0 saturated carbocycles. The van der Waals surface area contributed by atoms with Gasteiger partial charge in [-0.1, -0.05) is 11.2 Å². The van der Waals surface area contributed by atoms with Gasteiger partial charge in [0.1, 0.15) is 5.82 Å². The Morgan fingerprint density at radius 1 is 1.50 bits per heavy atom. The quantitative estimate of drug-likeness (QED) is 0.375. The van der Waals surface area contributed by atoms with Crippen molar-refractivity contribution in [1.29, 1.82) is 0 Å². The molecule has 1 saturated heterocycles. The number of likely N-dealkylation sites (tertiary alicyclic amines) is 1. The van der Waals surface area contributed by atoms with Crippen LogP contribution in [0.4, 0.5) is 4.39 Å². The lowest BCUT2D eigenvalue weighted by Gasteiger charge is -2.34. The van der Waals surface area contributed by atoms with E-state index in [1.54, 1.807) is 13.0 Å². The van der Waals surface area contributed by atoms with Crippen LogP contribution in [-0.4, -0.2) is 34.4 Å². The molecule has 1 atom stereocenters. The Morgan fingerprint density at radius 3 is 2.90 bits per heavy atom. The molecule has 20 heavy (non-hydrogen) atoms. The highest BCUT2D eigenvalue weighted by atomic mass is 19.1. The van der Waals surface area contributed by atoms with Crippen LogP contribution in [0.5, 0.6) is 0 Å². The number of carbonyl (C=O) groups excluding carboxylic acids is 1. The summed E-state index contributed by atoms with van der Waals surface area (Å²) < 4.78 is 13.9. The first-order chi connectivity index (χ1) is 9.54. The number of benzene rings is 1. The average Bonchev–Trinajstić information content (AvgIpc) is 2.46. The standard InChI is InChI=1S/C14H18FN3O2/c1-9-5-6-10(11(15)8-9)14(19)18-7-3-2-4-12(18)13(16)17-20/h5-6,8,12,20H,2-4,7H2,1H3,(H2,16,17). The third-order valence-corrected chi connectivity index (χ3v) is 3.58. The second-order valence-corrected chi connectivity index (χ2v) is 5.02. The minimum atomic E-state index is -0.543. The number of halogens is 1. The maximum absolute atomic E-state index is 13.9. The normalized spacial score (nSPS) is 20.0. The van der Waals surface area contributed by atoms with E-state index in [2.05, 4.69) is 5.16 Å². The molecule has 2 rings (SSSR count). The first-order valence-electron chi connectivity index (χ1n) is 6.59. The van der Waals surface area contributed by atoms with Gasteiger partial charge in [0, 0.05) is 6.54 Å². The maximum atomic E-state index is 13.9. The lowest BCUT2D eigenvalue weighted by Crippen LogP contribution is -2.50. The molecule has 0 aromatic heterocycles. The number of aryl methyl sites for hydroxylation is 1. The van der Waals surface area contributed by atoms with Crippen molar-refractivity contribution in [2.45, 2.75) is 32.2 Å². The van der Waals surface area contributed by atoms with E-state index in [0.717, 1.165) is 18.4 Å². The predicted molar refractivity (Wildman–Crippen MR) is 73.2 cm³/mol. The van der Waals surface area contributed by atoms with Gasteiger partial charge >= 0.3 is 0 Å². The number of piperidine rings is 1. The summed E-state index contributed by atoms with van der Waals surface area (Å²) in [7, 11) is 0. The first kappa shape index (κ1) is 14.3. The number of hydrogen-bond donors (Lipinski definition) is 2. The van der Waals surface area contributed by atoms with Gasteiger partial charge in [-0.05, 0) is 43.9 Å². The Morgan fingerprint density at radius 2 is 2.25 bits per heavy atom. The van der Waals surface area contributed by atoms with E-state index >= 15 is 0 Å². The topological polar surface area (TPSA) is 78.9 Å². The predicted octanol–water partition coefficient (Wildman–Crippen LogP) is 1.88. The van der Waals surface area contributed by atoms with Crippen LogP contribution >= 0.6 is 0 Å². The molecule has 108 valence electrons. The Balaban J connectivity index is 2.30. The van der Waals surface area contributed by atoms with Gasteiger partial charge in [0.15, 0.2) is 5.84 Å². The van der Waals surface area contributed by atoms with Crippen LogP contribution in [0.3, 0.4) is 0 Å². The van der Waals surface area contributed by atoms with Crippen LogP contribution in [0.15, 0.2) is 23.4 Å². The van der Waals surface area contributed by atoms with E-state index in [4.69, 9.17) is 10.9 Å². The van der Waals surface area contributed by atoms with E-state index < -0.39 is 17.8 Å². The van der Waals surface area contributed by atoms with Crippen molar-refractivity contribution in [3.05, 3.63) is 35.1 Å². The van der Waals surface area contributed by atoms with Gasteiger partial charge in [-0.15, -0.1) is 0 Å². The number of amidine groups is 1. The minimum Gasteiger partial charge on any atom is -0.409 e. The molecule has 0 bridgehead atoms. The molecule has 1 heterocycles. The number of carbonyl (C=O) groups is 1. The zero-order valence-electron chi connectivity index (χ0n) is 11.3. The zero-order valence-corrected chi connectivity index (χ0v) is 11.3. The molecule has 1 aromatic carbocycles. The number of amides is 1. The highest BCUT2D eigenvalue weighted by Gasteiger charge is 2.31. The molecule has 5 nitrogen and oxygen atoms in total. The van der Waals surface area contributed by atoms with Gasteiger partial charge in [-0.25, -0.2) is 4.39 Å². The summed E-state index contributed by atoms with van der Waals surface area (Å²) in [5, 5.41) is 11.8. The van der Waals surface area contributed by atoms with Gasteiger partial charge < -0.3 is 15.8 Å². The summed E-state index contributed by atoms with van der Waals surface area (Å²) >= 11 is 0. The molecule has 1 aliphatic rings. The molecular weight excluding hydrogens is 261 g/mol. The van der Waals surface area contributed by atoms with Crippen LogP contribution in [0.2, 0.25) is 0 Å². The molecule has 1 aromatic rings. The van der Waals surface area contributed by atoms with Gasteiger partial charge in [-0.3, -0.25) is 4.79 Å². The Labute approximate surface area is 116 Å². The van der Waals surface area contributed by atoms with Crippen LogP contribution in [-0.2, 0) is 0 Å². The van der Waals surface area contributed by atoms with Crippen molar-refractivity contribution >= 4 is 11.7 Å². The van der Waals surface area contributed by atoms with Crippen LogP contribution in [0, 0.1) is 12.7 Å². The summed E-state index contributed by atoms with van der Waals surface area (Å²) in [4.78, 5) is 13.9. The van der Waals surface area contributed by atoms with Crippen LogP contribution in [0.25, 0.3) is 0 Å². The molecule has 6 heteroatoms. The number of oxime groups is 1. The average molecular weight is 279 g/mol. The summed E-state index contributed by atoms with van der Waals surface area (Å²) in [6.07, 6.45) is 2.34. The van der Waals surface area contributed by atoms with Gasteiger partial charge in [0.25, 0.3) is 5.91 Å². The van der Waals surface area contributed by atoms with Gasteiger partial charge in [0.2, 0.25) is 0 Å². The summed E-state index contributed by atoms with van der Waals surface area (Å²) in [6.45, 7) is 2.24. The van der Waals surface area contributed by atoms with Crippen molar-refractivity contribution in [2.24, 2.45) is 10.9 Å².